The summed E-state index contributed by atoms with van der Waals surface area (Å²) in [5.74, 6) is 0. The molecule has 0 saturated carbocycles. The second kappa shape index (κ2) is 7.07. The van der Waals surface area contributed by atoms with Gasteiger partial charge in [0.2, 0.25) is 0 Å². The highest BCUT2D eigenvalue weighted by molar-refractivity contribution is 9.09. The molecule has 0 N–H and O–H groups in total. The topological polar surface area (TPSA) is 15.7 Å². The van der Waals surface area contributed by atoms with Crippen molar-refractivity contribution >= 4 is 15.9 Å². The standard InChI is InChI=1S/C13H25BrN2O/c1-2-15-7-8-17-13(10-15)11-16-6-4-3-5-12(16)9-14/h12-13H,2-11H2,1H3. The van der Waals surface area contributed by atoms with Crippen LogP contribution in [0.2, 0.25) is 0 Å². The molecule has 3 nitrogen and oxygen atoms in total. The normalized spacial score (nSPS) is 32.8. The molecule has 0 bridgehead atoms. The summed E-state index contributed by atoms with van der Waals surface area (Å²) >= 11 is 3.65. The molecule has 0 aromatic rings. The quantitative estimate of drug-likeness (QED) is 0.739. The summed E-state index contributed by atoms with van der Waals surface area (Å²) in [6, 6.07) is 0.726. The maximum absolute atomic E-state index is 5.91. The molecule has 2 unspecified atom stereocenters. The van der Waals surface area contributed by atoms with Gasteiger partial charge in [-0.3, -0.25) is 9.80 Å². The van der Waals surface area contributed by atoms with Crippen molar-refractivity contribution in [3.05, 3.63) is 0 Å². The average molecular weight is 305 g/mol. The van der Waals surface area contributed by atoms with Crippen LogP contribution in [-0.2, 0) is 4.74 Å². The lowest BCUT2D eigenvalue weighted by atomic mass is 10.0. The lowest BCUT2D eigenvalue weighted by Crippen LogP contribution is -2.51. The molecule has 0 aliphatic carbocycles. The minimum absolute atomic E-state index is 0.420. The van der Waals surface area contributed by atoms with Gasteiger partial charge >= 0.3 is 0 Å². The number of morpholine rings is 1. The van der Waals surface area contributed by atoms with Crippen LogP contribution < -0.4 is 0 Å². The summed E-state index contributed by atoms with van der Waals surface area (Å²) in [6.45, 7) is 8.89. The molecular weight excluding hydrogens is 280 g/mol. The number of likely N-dealkylation sites (N-methyl/N-ethyl adjacent to an activating group) is 1. The molecule has 2 heterocycles. The van der Waals surface area contributed by atoms with Crippen LogP contribution in [-0.4, -0.2) is 66.6 Å². The van der Waals surface area contributed by atoms with Crippen LogP contribution in [0.3, 0.4) is 0 Å². The summed E-state index contributed by atoms with van der Waals surface area (Å²) in [7, 11) is 0. The van der Waals surface area contributed by atoms with Gasteiger partial charge in [0.05, 0.1) is 12.7 Å². The number of ether oxygens (including phenoxy) is 1. The van der Waals surface area contributed by atoms with E-state index >= 15 is 0 Å². The Bertz CT molecular complexity index is 227. The van der Waals surface area contributed by atoms with Gasteiger partial charge in [0, 0.05) is 31.0 Å². The molecule has 2 aliphatic heterocycles. The fourth-order valence-corrected chi connectivity index (χ4v) is 3.65. The van der Waals surface area contributed by atoms with Gasteiger partial charge in [-0.1, -0.05) is 29.3 Å². The number of piperidine rings is 1. The van der Waals surface area contributed by atoms with E-state index in [1.54, 1.807) is 0 Å². The molecule has 2 fully saturated rings. The summed E-state index contributed by atoms with van der Waals surface area (Å²) < 4.78 is 5.91. The fourth-order valence-electron chi connectivity index (χ4n) is 2.91. The summed E-state index contributed by atoms with van der Waals surface area (Å²) in [5, 5.41) is 1.11. The Morgan fingerprint density at radius 3 is 2.94 bits per heavy atom. The third-order valence-electron chi connectivity index (χ3n) is 4.04. The van der Waals surface area contributed by atoms with Gasteiger partial charge in [-0.05, 0) is 25.9 Å². The van der Waals surface area contributed by atoms with Crippen LogP contribution >= 0.6 is 15.9 Å². The number of likely N-dealkylation sites (tertiary alicyclic amines) is 1. The SMILES string of the molecule is CCN1CCOC(CN2CCCCC2CBr)C1. The smallest absolute Gasteiger partial charge is 0.0829 e. The fraction of sp³-hybridized carbons (Fsp3) is 1.00. The molecule has 2 atom stereocenters. The molecule has 0 aromatic heterocycles. The first-order valence-electron chi connectivity index (χ1n) is 6.97. The van der Waals surface area contributed by atoms with E-state index in [4.69, 9.17) is 4.74 Å². The van der Waals surface area contributed by atoms with Crippen LogP contribution in [0.4, 0.5) is 0 Å². The zero-order chi connectivity index (χ0) is 12.1. The maximum atomic E-state index is 5.91. The van der Waals surface area contributed by atoms with Crippen molar-refractivity contribution in [1.29, 1.82) is 0 Å². The molecule has 17 heavy (non-hydrogen) atoms. The Balaban J connectivity index is 1.81. The third-order valence-corrected chi connectivity index (χ3v) is 4.78. The lowest BCUT2D eigenvalue weighted by Gasteiger charge is -2.40. The number of nitrogens with zero attached hydrogens (tertiary/aromatic N) is 2. The summed E-state index contributed by atoms with van der Waals surface area (Å²) in [5.41, 5.74) is 0. The van der Waals surface area contributed by atoms with Crippen molar-refractivity contribution in [1.82, 2.24) is 9.80 Å². The van der Waals surface area contributed by atoms with Crippen LogP contribution in [0, 0.1) is 0 Å². The van der Waals surface area contributed by atoms with E-state index in [0.29, 0.717) is 6.10 Å². The van der Waals surface area contributed by atoms with Gasteiger partial charge in [0.25, 0.3) is 0 Å². The first-order chi connectivity index (χ1) is 8.33. The number of hydrogen-bond donors (Lipinski definition) is 0. The van der Waals surface area contributed by atoms with Crippen LogP contribution in [0.5, 0.6) is 0 Å². The van der Waals surface area contributed by atoms with E-state index in [1.165, 1.54) is 25.8 Å². The molecular formula is C13H25BrN2O. The lowest BCUT2D eigenvalue weighted by molar-refractivity contribution is -0.0491. The number of alkyl halides is 1. The van der Waals surface area contributed by atoms with Crippen LogP contribution in [0.25, 0.3) is 0 Å². The average Bonchev–Trinajstić information content (AvgIpc) is 2.39. The minimum Gasteiger partial charge on any atom is -0.374 e. The maximum Gasteiger partial charge on any atom is 0.0829 e. The van der Waals surface area contributed by atoms with Gasteiger partial charge in [-0.25, -0.2) is 0 Å². The van der Waals surface area contributed by atoms with Gasteiger partial charge < -0.3 is 4.74 Å². The first kappa shape index (κ1) is 13.8. The van der Waals surface area contributed by atoms with E-state index < -0.39 is 0 Å². The summed E-state index contributed by atoms with van der Waals surface area (Å²) in [4.78, 5) is 5.13. The van der Waals surface area contributed by atoms with Crippen molar-refractivity contribution in [3.63, 3.8) is 0 Å². The highest BCUT2D eigenvalue weighted by Crippen LogP contribution is 2.20. The van der Waals surface area contributed by atoms with E-state index in [1.807, 2.05) is 0 Å². The van der Waals surface area contributed by atoms with Crippen molar-refractivity contribution in [2.45, 2.75) is 38.3 Å². The predicted molar refractivity (Wildman–Crippen MR) is 74.9 cm³/mol. The van der Waals surface area contributed by atoms with Gasteiger partial charge in [0.15, 0.2) is 0 Å². The number of halogens is 1. The number of hydrogen-bond acceptors (Lipinski definition) is 3. The van der Waals surface area contributed by atoms with Crippen molar-refractivity contribution in [2.24, 2.45) is 0 Å². The second-order valence-electron chi connectivity index (χ2n) is 5.18. The Kier molecular flexibility index (Phi) is 5.74. The zero-order valence-electron chi connectivity index (χ0n) is 10.9. The number of rotatable bonds is 4. The van der Waals surface area contributed by atoms with E-state index in [0.717, 1.165) is 44.2 Å². The third kappa shape index (κ3) is 3.91. The Hall–Kier alpha value is 0.360. The molecule has 0 radical (unpaired) electrons. The molecule has 4 heteroatoms. The van der Waals surface area contributed by atoms with E-state index in [-0.39, 0.29) is 0 Å². The van der Waals surface area contributed by atoms with E-state index in [2.05, 4.69) is 32.7 Å². The summed E-state index contributed by atoms with van der Waals surface area (Å²) in [6.07, 6.45) is 4.51. The molecule has 100 valence electrons. The predicted octanol–water partition coefficient (Wildman–Crippen LogP) is 1.96. The van der Waals surface area contributed by atoms with Crippen LogP contribution in [0.1, 0.15) is 26.2 Å². The minimum atomic E-state index is 0.420. The molecule has 2 aliphatic rings. The highest BCUT2D eigenvalue weighted by Gasteiger charge is 2.27. The van der Waals surface area contributed by atoms with Crippen molar-refractivity contribution in [3.8, 4) is 0 Å². The van der Waals surface area contributed by atoms with Gasteiger partial charge in [0.1, 0.15) is 0 Å². The molecule has 2 rings (SSSR count). The monoisotopic (exact) mass is 304 g/mol. The largest absolute Gasteiger partial charge is 0.374 e. The van der Waals surface area contributed by atoms with Gasteiger partial charge in [-0.2, -0.15) is 0 Å². The molecule has 2 saturated heterocycles. The van der Waals surface area contributed by atoms with E-state index in [9.17, 15) is 0 Å². The van der Waals surface area contributed by atoms with Crippen molar-refractivity contribution < 1.29 is 4.74 Å². The van der Waals surface area contributed by atoms with Crippen LogP contribution in [0.15, 0.2) is 0 Å². The molecule has 0 amide bonds. The molecule has 0 spiro atoms. The molecule has 0 aromatic carbocycles. The first-order valence-corrected chi connectivity index (χ1v) is 8.09. The van der Waals surface area contributed by atoms with Gasteiger partial charge in [-0.15, -0.1) is 0 Å². The Labute approximate surface area is 114 Å². The van der Waals surface area contributed by atoms with Crippen molar-refractivity contribution in [2.75, 3.05) is 44.7 Å². The second-order valence-corrected chi connectivity index (χ2v) is 5.83. The Morgan fingerprint density at radius 1 is 1.29 bits per heavy atom. The zero-order valence-corrected chi connectivity index (χ0v) is 12.5. The highest BCUT2D eigenvalue weighted by atomic mass is 79.9. The Morgan fingerprint density at radius 2 is 2.18 bits per heavy atom.